The van der Waals surface area contributed by atoms with E-state index < -0.39 is 5.41 Å². The van der Waals surface area contributed by atoms with Crippen LogP contribution in [0.4, 0.5) is 17.1 Å². The van der Waals surface area contributed by atoms with Gasteiger partial charge in [-0.3, -0.25) is 0 Å². The number of nitrogens with zero attached hydrogens (tertiary/aromatic N) is 2. The molecule has 1 aromatic heterocycles. The van der Waals surface area contributed by atoms with Crippen LogP contribution in [0.3, 0.4) is 0 Å². The molecule has 12 aromatic carbocycles. The van der Waals surface area contributed by atoms with Crippen LogP contribution in [0.15, 0.2) is 279 Å². The number of para-hydroxylation sites is 1. The molecule has 71 heavy (non-hydrogen) atoms. The molecular formula is C69H46N2. The minimum absolute atomic E-state index is 0.488. The van der Waals surface area contributed by atoms with Crippen molar-refractivity contribution in [2.45, 2.75) is 5.41 Å². The maximum Gasteiger partial charge on any atom is 0.0714 e. The summed E-state index contributed by atoms with van der Waals surface area (Å²) >= 11 is 0. The maximum absolute atomic E-state index is 2.48. The Labute approximate surface area is 413 Å². The van der Waals surface area contributed by atoms with Gasteiger partial charge < -0.3 is 9.47 Å². The van der Waals surface area contributed by atoms with Gasteiger partial charge in [0.1, 0.15) is 0 Å². The minimum Gasteiger partial charge on any atom is -0.309 e. The van der Waals surface area contributed by atoms with Crippen LogP contribution in [-0.4, -0.2) is 4.57 Å². The van der Waals surface area contributed by atoms with Crippen molar-refractivity contribution in [1.29, 1.82) is 0 Å². The lowest BCUT2D eigenvalue weighted by atomic mass is 9.67. The van der Waals surface area contributed by atoms with Gasteiger partial charge in [0, 0.05) is 32.9 Å². The summed E-state index contributed by atoms with van der Waals surface area (Å²) in [6.45, 7) is 0. The number of fused-ring (bicyclic) bond motifs is 8. The Bertz CT molecular complexity index is 4110. The number of hydrogen-bond donors (Lipinski definition) is 0. The Hall–Kier alpha value is -9.24. The first-order chi connectivity index (χ1) is 35.2. The molecule has 13 aromatic rings. The lowest BCUT2D eigenvalue weighted by molar-refractivity contribution is 0.767. The smallest absolute Gasteiger partial charge is 0.0714 e. The average molecular weight is 903 g/mol. The SMILES string of the molecule is c1ccc(-c2ccc(N(c3cccc4ccccc34)c3ccc(-c4ccc5c(c4)c4ccccc4n5-c4ccc5c(c4)C(c4ccccc4)(c4ccccc4)c4ccccc4-5)c4ccccc34)cc2)cc1. The van der Waals surface area contributed by atoms with Gasteiger partial charge in [-0.2, -0.15) is 0 Å². The van der Waals surface area contributed by atoms with Gasteiger partial charge in [0.05, 0.1) is 27.8 Å². The molecule has 0 N–H and O–H groups in total. The summed E-state index contributed by atoms with van der Waals surface area (Å²) in [4.78, 5) is 2.44. The van der Waals surface area contributed by atoms with Gasteiger partial charge in [-0.15, -0.1) is 0 Å². The van der Waals surface area contributed by atoms with Gasteiger partial charge in [-0.05, 0) is 121 Å². The zero-order valence-corrected chi connectivity index (χ0v) is 39.0. The molecule has 0 bridgehead atoms. The van der Waals surface area contributed by atoms with E-state index in [2.05, 4.69) is 289 Å². The molecule has 14 rings (SSSR count). The van der Waals surface area contributed by atoms with E-state index in [1.807, 2.05) is 0 Å². The second-order valence-electron chi connectivity index (χ2n) is 18.8. The van der Waals surface area contributed by atoms with Crippen molar-refractivity contribution in [3.05, 3.63) is 301 Å². The molecule has 0 radical (unpaired) electrons. The molecule has 1 heterocycles. The van der Waals surface area contributed by atoms with Crippen molar-refractivity contribution < 1.29 is 0 Å². The van der Waals surface area contributed by atoms with E-state index >= 15 is 0 Å². The molecule has 2 nitrogen and oxygen atoms in total. The Morgan fingerprint density at radius 1 is 0.296 bits per heavy atom. The van der Waals surface area contributed by atoms with Crippen LogP contribution in [0.5, 0.6) is 0 Å². The fraction of sp³-hybridized carbons (Fsp3) is 0.0145. The van der Waals surface area contributed by atoms with Crippen molar-refractivity contribution >= 4 is 60.4 Å². The molecule has 0 saturated heterocycles. The number of rotatable bonds is 8. The van der Waals surface area contributed by atoms with E-state index in [0.29, 0.717) is 0 Å². The quantitative estimate of drug-likeness (QED) is 0.147. The second-order valence-corrected chi connectivity index (χ2v) is 18.8. The Kier molecular flexibility index (Phi) is 9.47. The third-order valence-electron chi connectivity index (χ3n) is 15.1. The van der Waals surface area contributed by atoms with E-state index in [-0.39, 0.29) is 0 Å². The summed E-state index contributed by atoms with van der Waals surface area (Å²) in [5.74, 6) is 0. The van der Waals surface area contributed by atoms with Crippen LogP contribution in [0.25, 0.3) is 82.4 Å². The second kappa shape index (κ2) is 16.5. The monoisotopic (exact) mass is 902 g/mol. The summed E-state index contributed by atoms with van der Waals surface area (Å²) in [7, 11) is 0. The van der Waals surface area contributed by atoms with Crippen LogP contribution in [0, 0.1) is 0 Å². The number of benzene rings is 12. The van der Waals surface area contributed by atoms with E-state index in [1.165, 1.54) is 99.0 Å². The van der Waals surface area contributed by atoms with Crippen molar-refractivity contribution in [3.63, 3.8) is 0 Å². The van der Waals surface area contributed by atoms with Crippen molar-refractivity contribution in [3.8, 4) is 39.1 Å². The highest BCUT2D eigenvalue weighted by Crippen LogP contribution is 2.57. The Balaban J connectivity index is 0.935. The van der Waals surface area contributed by atoms with Crippen molar-refractivity contribution in [2.24, 2.45) is 0 Å². The maximum atomic E-state index is 2.48. The molecule has 0 fully saturated rings. The molecule has 0 saturated carbocycles. The van der Waals surface area contributed by atoms with Gasteiger partial charge in [0.2, 0.25) is 0 Å². The number of hydrogen-bond acceptors (Lipinski definition) is 1. The highest BCUT2D eigenvalue weighted by atomic mass is 15.1. The molecule has 332 valence electrons. The lowest BCUT2D eigenvalue weighted by Gasteiger charge is -2.34. The zero-order valence-electron chi connectivity index (χ0n) is 39.0. The van der Waals surface area contributed by atoms with E-state index in [1.54, 1.807) is 0 Å². The first-order valence-electron chi connectivity index (χ1n) is 24.6. The Morgan fingerprint density at radius 3 is 1.62 bits per heavy atom. The first-order valence-corrected chi connectivity index (χ1v) is 24.6. The van der Waals surface area contributed by atoms with Crippen molar-refractivity contribution in [2.75, 3.05) is 4.90 Å². The number of aromatic nitrogens is 1. The fourth-order valence-electron chi connectivity index (χ4n) is 12.0. The summed E-state index contributed by atoms with van der Waals surface area (Å²) in [6.07, 6.45) is 0. The molecular weight excluding hydrogens is 857 g/mol. The van der Waals surface area contributed by atoms with E-state index in [0.717, 1.165) is 22.7 Å². The fourth-order valence-corrected chi connectivity index (χ4v) is 12.0. The lowest BCUT2D eigenvalue weighted by Crippen LogP contribution is -2.28. The topological polar surface area (TPSA) is 8.17 Å². The molecule has 0 unspecified atom stereocenters. The van der Waals surface area contributed by atoms with Crippen molar-refractivity contribution in [1.82, 2.24) is 4.57 Å². The van der Waals surface area contributed by atoms with Gasteiger partial charge in [0.25, 0.3) is 0 Å². The minimum atomic E-state index is -0.488. The van der Waals surface area contributed by atoms with Gasteiger partial charge >= 0.3 is 0 Å². The van der Waals surface area contributed by atoms with Crippen LogP contribution >= 0.6 is 0 Å². The highest BCUT2D eigenvalue weighted by Gasteiger charge is 2.46. The summed E-state index contributed by atoms with van der Waals surface area (Å²) < 4.78 is 2.48. The van der Waals surface area contributed by atoms with Crippen LogP contribution in [0.1, 0.15) is 22.3 Å². The van der Waals surface area contributed by atoms with Crippen LogP contribution < -0.4 is 4.90 Å². The van der Waals surface area contributed by atoms with Gasteiger partial charge in [-0.25, -0.2) is 0 Å². The van der Waals surface area contributed by atoms with Gasteiger partial charge in [0.15, 0.2) is 0 Å². The standard InChI is InChI=1S/C69H46N2/c1-4-19-47(20-5-1)48-35-38-53(39-36-48)70(65-34-18-22-49-21-10-11-27-56(49)65)67-44-42-55(57-28-12-13-30-60(57)67)50-37-43-68-62(45-50)61-31-15-17-33-66(61)71(68)54-40-41-59-58-29-14-16-32-63(58)69(64(59)46-54,51-23-6-2-7-24-51)52-25-8-3-9-26-52/h1-46H. The predicted molar refractivity (Wildman–Crippen MR) is 299 cm³/mol. The molecule has 1 aliphatic rings. The molecule has 0 amide bonds. The van der Waals surface area contributed by atoms with Crippen LogP contribution in [0.2, 0.25) is 0 Å². The third kappa shape index (κ3) is 6.35. The molecule has 0 aliphatic heterocycles. The zero-order chi connectivity index (χ0) is 46.9. The Morgan fingerprint density at radius 2 is 0.845 bits per heavy atom. The summed E-state index contributed by atoms with van der Waals surface area (Å²) in [6, 6.07) is 103. The molecule has 0 spiro atoms. The molecule has 2 heteroatoms. The highest BCUT2D eigenvalue weighted by molar-refractivity contribution is 6.13. The summed E-state index contributed by atoms with van der Waals surface area (Å²) in [5.41, 5.74) is 18.9. The predicted octanol–water partition coefficient (Wildman–Crippen LogP) is 18.3. The van der Waals surface area contributed by atoms with Gasteiger partial charge in [-0.1, -0.05) is 224 Å². The third-order valence-corrected chi connectivity index (χ3v) is 15.1. The largest absolute Gasteiger partial charge is 0.309 e. The average Bonchev–Trinajstić information content (AvgIpc) is 3.94. The number of anilines is 3. The molecule has 0 atom stereocenters. The normalized spacial score (nSPS) is 12.6. The first kappa shape index (κ1) is 40.8. The molecule has 1 aliphatic carbocycles. The van der Waals surface area contributed by atoms with E-state index in [9.17, 15) is 0 Å². The summed E-state index contributed by atoms with van der Waals surface area (Å²) in [5, 5.41) is 7.26. The van der Waals surface area contributed by atoms with E-state index in [4.69, 9.17) is 0 Å². The van der Waals surface area contributed by atoms with Crippen LogP contribution in [-0.2, 0) is 5.41 Å².